The smallest absolute Gasteiger partial charge is 0.267 e. The molecule has 0 radical (unpaired) electrons. The zero-order valence-corrected chi connectivity index (χ0v) is 13.1. The highest BCUT2D eigenvalue weighted by atomic mass is 16.1. The molecule has 0 spiro atoms. The normalized spacial score (nSPS) is 12.1. The van der Waals surface area contributed by atoms with E-state index in [-0.39, 0.29) is 11.6 Å². The van der Waals surface area contributed by atoms with Gasteiger partial charge in [-0.1, -0.05) is 18.2 Å². The molecule has 0 saturated heterocycles. The van der Waals surface area contributed by atoms with Gasteiger partial charge in [0.25, 0.3) is 5.91 Å². The number of nitrogens with zero attached hydrogens (tertiary/aromatic N) is 2. The Morgan fingerprint density at radius 3 is 2.78 bits per heavy atom. The van der Waals surface area contributed by atoms with Crippen molar-refractivity contribution in [3.05, 3.63) is 82.7 Å². The summed E-state index contributed by atoms with van der Waals surface area (Å²) < 4.78 is 0. The summed E-state index contributed by atoms with van der Waals surface area (Å²) in [5.74, 6) is -0.588. The first kappa shape index (κ1) is 15.0. The van der Waals surface area contributed by atoms with Gasteiger partial charge < -0.3 is 10.7 Å². The second-order valence-corrected chi connectivity index (χ2v) is 5.57. The van der Waals surface area contributed by atoms with E-state index in [1.54, 1.807) is 24.8 Å². The van der Waals surface area contributed by atoms with Crippen molar-refractivity contribution in [2.45, 2.75) is 19.8 Å². The molecule has 5 heteroatoms. The summed E-state index contributed by atoms with van der Waals surface area (Å²) in [6.07, 6.45) is 5.07. The molecule has 116 valence electrons. The van der Waals surface area contributed by atoms with Gasteiger partial charge in [0.05, 0.1) is 12.2 Å². The topological polar surface area (TPSA) is 84.7 Å². The Morgan fingerprint density at radius 1 is 1.26 bits per heavy atom. The van der Waals surface area contributed by atoms with Gasteiger partial charge in [-0.2, -0.15) is 0 Å². The number of carbonyl (C=O) groups is 1. The van der Waals surface area contributed by atoms with Crippen LogP contribution in [0.15, 0.2) is 49.1 Å². The molecule has 3 N–H and O–H groups in total. The summed E-state index contributed by atoms with van der Waals surface area (Å²) in [6.45, 7) is 4.19. The second-order valence-electron chi connectivity index (χ2n) is 5.57. The number of aromatic nitrogens is 3. The SMILES string of the molecule is Cc1cccc(C(c2ccnc(C(N)=O)c2)c2cnc[nH]2)c1C. The number of nitrogens with two attached hydrogens (primary N) is 1. The van der Waals surface area contributed by atoms with Crippen LogP contribution in [0.5, 0.6) is 0 Å². The molecular weight excluding hydrogens is 288 g/mol. The molecule has 5 nitrogen and oxygen atoms in total. The molecule has 23 heavy (non-hydrogen) atoms. The van der Waals surface area contributed by atoms with E-state index in [9.17, 15) is 4.79 Å². The monoisotopic (exact) mass is 306 g/mol. The van der Waals surface area contributed by atoms with Crippen LogP contribution < -0.4 is 5.73 Å². The molecular formula is C18H18N4O. The van der Waals surface area contributed by atoms with E-state index in [1.807, 2.05) is 12.1 Å². The number of H-pyrrole nitrogens is 1. The lowest BCUT2D eigenvalue weighted by molar-refractivity contribution is 0.0995. The fourth-order valence-electron chi connectivity index (χ4n) is 2.80. The largest absolute Gasteiger partial charge is 0.364 e. The van der Waals surface area contributed by atoms with Crippen LogP contribution in [-0.2, 0) is 0 Å². The van der Waals surface area contributed by atoms with E-state index in [1.165, 1.54) is 11.1 Å². The number of benzene rings is 1. The van der Waals surface area contributed by atoms with Crippen molar-refractivity contribution < 1.29 is 4.79 Å². The Hall–Kier alpha value is -2.95. The minimum atomic E-state index is -0.531. The fourth-order valence-corrected chi connectivity index (χ4v) is 2.80. The van der Waals surface area contributed by atoms with Crippen molar-refractivity contribution in [2.24, 2.45) is 5.73 Å². The van der Waals surface area contributed by atoms with E-state index in [2.05, 4.69) is 40.9 Å². The number of pyridine rings is 1. The number of carbonyl (C=O) groups excluding carboxylic acids is 1. The number of nitrogens with one attached hydrogen (secondary N) is 1. The van der Waals surface area contributed by atoms with Gasteiger partial charge in [0, 0.05) is 18.1 Å². The highest BCUT2D eigenvalue weighted by Gasteiger charge is 2.21. The maximum atomic E-state index is 11.5. The van der Waals surface area contributed by atoms with Gasteiger partial charge >= 0.3 is 0 Å². The summed E-state index contributed by atoms with van der Waals surface area (Å²) >= 11 is 0. The molecule has 1 aromatic carbocycles. The van der Waals surface area contributed by atoms with E-state index >= 15 is 0 Å². The van der Waals surface area contributed by atoms with Crippen LogP contribution in [0.1, 0.15) is 44.4 Å². The highest BCUT2D eigenvalue weighted by Crippen LogP contribution is 2.33. The second kappa shape index (κ2) is 6.04. The molecule has 0 saturated carbocycles. The maximum absolute atomic E-state index is 11.5. The molecule has 3 aromatic rings. The quantitative estimate of drug-likeness (QED) is 0.777. The zero-order chi connectivity index (χ0) is 16.4. The third-order valence-electron chi connectivity index (χ3n) is 4.16. The summed E-state index contributed by atoms with van der Waals surface area (Å²) in [5, 5.41) is 0. The van der Waals surface area contributed by atoms with Gasteiger partial charge in [0.15, 0.2) is 0 Å². The molecule has 2 heterocycles. The van der Waals surface area contributed by atoms with Gasteiger partial charge in [-0.15, -0.1) is 0 Å². The van der Waals surface area contributed by atoms with Crippen LogP contribution in [0.3, 0.4) is 0 Å². The zero-order valence-electron chi connectivity index (χ0n) is 13.1. The van der Waals surface area contributed by atoms with Crippen LogP contribution in [0, 0.1) is 13.8 Å². The first-order valence-electron chi connectivity index (χ1n) is 7.38. The summed E-state index contributed by atoms with van der Waals surface area (Å²) in [6, 6.07) is 9.87. The Bertz CT molecular complexity index is 840. The van der Waals surface area contributed by atoms with Crippen molar-refractivity contribution in [2.75, 3.05) is 0 Å². The van der Waals surface area contributed by atoms with Crippen molar-refractivity contribution in [1.82, 2.24) is 15.0 Å². The van der Waals surface area contributed by atoms with E-state index in [0.29, 0.717) is 0 Å². The van der Waals surface area contributed by atoms with Gasteiger partial charge in [-0.25, -0.2) is 4.98 Å². The molecule has 1 atom stereocenters. The molecule has 1 unspecified atom stereocenters. The lowest BCUT2D eigenvalue weighted by Crippen LogP contribution is -2.14. The van der Waals surface area contributed by atoms with Crippen LogP contribution >= 0.6 is 0 Å². The third-order valence-corrected chi connectivity index (χ3v) is 4.16. The van der Waals surface area contributed by atoms with E-state index in [0.717, 1.165) is 16.8 Å². The van der Waals surface area contributed by atoms with E-state index < -0.39 is 5.91 Å². The predicted octanol–water partition coefficient (Wildman–Crippen LogP) is 2.70. The number of aromatic amines is 1. The molecule has 0 aliphatic rings. The number of hydrogen-bond donors (Lipinski definition) is 2. The lowest BCUT2D eigenvalue weighted by atomic mass is 9.85. The number of aryl methyl sites for hydroxylation is 1. The van der Waals surface area contributed by atoms with Gasteiger partial charge in [-0.05, 0) is 48.2 Å². The molecule has 0 aliphatic heterocycles. The molecule has 1 amide bonds. The van der Waals surface area contributed by atoms with Crippen LogP contribution in [0.4, 0.5) is 0 Å². The molecule has 0 bridgehead atoms. The number of hydrogen-bond acceptors (Lipinski definition) is 3. The van der Waals surface area contributed by atoms with Gasteiger partial charge in [0.2, 0.25) is 0 Å². The Morgan fingerprint density at radius 2 is 2.09 bits per heavy atom. The third kappa shape index (κ3) is 2.85. The van der Waals surface area contributed by atoms with Crippen molar-refractivity contribution in [1.29, 1.82) is 0 Å². The predicted molar refractivity (Wildman–Crippen MR) is 88.2 cm³/mol. The Kier molecular flexibility index (Phi) is 3.93. The molecule has 0 aliphatic carbocycles. The van der Waals surface area contributed by atoms with Crippen molar-refractivity contribution in [3.63, 3.8) is 0 Å². The number of rotatable bonds is 4. The Labute approximate surface area is 134 Å². The molecule has 3 rings (SSSR count). The average Bonchev–Trinajstić information content (AvgIpc) is 3.06. The first-order chi connectivity index (χ1) is 11.1. The summed E-state index contributed by atoms with van der Waals surface area (Å²) in [7, 11) is 0. The number of amides is 1. The van der Waals surface area contributed by atoms with Crippen molar-refractivity contribution in [3.8, 4) is 0 Å². The number of primary amides is 1. The highest BCUT2D eigenvalue weighted by molar-refractivity contribution is 5.90. The molecule has 0 fully saturated rings. The summed E-state index contributed by atoms with van der Waals surface area (Å²) in [4.78, 5) is 22.8. The summed E-state index contributed by atoms with van der Waals surface area (Å²) in [5.41, 5.74) is 11.1. The molecule has 2 aromatic heterocycles. The number of imidazole rings is 1. The van der Waals surface area contributed by atoms with E-state index in [4.69, 9.17) is 5.73 Å². The van der Waals surface area contributed by atoms with Gasteiger partial charge in [-0.3, -0.25) is 9.78 Å². The first-order valence-corrected chi connectivity index (χ1v) is 7.38. The minimum Gasteiger partial charge on any atom is -0.364 e. The van der Waals surface area contributed by atoms with Crippen LogP contribution in [0.2, 0.25) is 0 Å². The fraction of sp³-hybridized carbons (Fsp3) is 0.167. The average molecular weight is 306 g/mol. The lowest BCUT2D eigenvalue weighted by Gasteiger charge is -2.20. The maximum Gasteiger partial charge on any atom is 0.267 e. The van der Waals surface area contributed by atoms with Crippen LogP contribution in [0.25, 0.3) is 0 Å². The van der Waals surface area contributed by atoms with Gasteiger partial charge in [0.1, 0.15) is 5.69 Å². The standard InChI is InChI=1S/C18H18N4O/c1-11-4-3-5-14(12(11)2)17(16-9-20-10-22-16)13-6-7-21-15(8-13)18(19)23/h3-10,17H,1-2H3,(H2,19,23)(H,20,22). The Balaban J connectivity index is 2.20. The minimum absolute atomic E-state index is 0.0569. The van der Waals surface area contributed by atoms with Crippen LogP contribution in [-0.4, -0.2) is 20.9 Å². The van der Waals surface area contributed by atoms with Crippen molar-refractivity contribution >= 4 is 5.91 Å².